The average molecular weight is 357 g/mol. The van der Waals surface area contributed by atoms with Crippen LogP contribution >= 0.6 is 0 Å². The highest BCUT2D eigenvalue weighted by Crippen LogP contribution is 2.28. The average Bonchev–Trinajstić information content (AvgIpc) is 3.19. The summed E-state index contributed by atoms with van der Waals surface area (Å²) in [5, 5.41) is 0. The van der Waals surface area contributed by atoms with Gasteiger partial charge in [0.15, 0.2) is 0 Å². The lowest BCUT2D eigenvalue weighted by Crippen LogP contribution is -2.51. The van der Waals surface area contributed by atoms with Crippen LogP contribution in [0.25, 0.3) is 0 Å². The first kappa shape index (κ1) is 18.9. The van der Waals surface area contributed by atoms with Crippen LogP contribution in [-0.2, 0) is 9.59 Å². The van der Waals surface area contributed by atoms with E-state index in [1.54, 1.807) is 0 Å². The van der Waals surface area contributed by atoms with E-state index in [0.29, 0.717) is 38.5 Å². The summed E-state index contributed by atoms with van der Waals surface area (Å²) in [6.45, 7) is 4.84. The number of amides is 2. The first-order valence-electron chi connectivity index (χ1n) is 10.3. The van der Waals surface area contributed by atoms with Crippen molar-refractivity contribution in [3.63, 3.8) is 0 Å². The van der Waals surface area contributed by atoms with E-state index in [-0.39, 0.29) is 17.7 Å². The molecule has 1 heterocycles. The normalized spacial score (nSPS) is 19.6. The van der Waals surface area contributed by atoms with E-state index in [0.717, 1.165) is 18.4 Å². The van der Waals surface area contributed by atoms with Crippen LogP contribution in [0, 0.1) is 5.92 Å². The Hall–Kier alpha value is -1.84. The Morgan fingerprint density at radius 3 is 2.23 bits per heavy atom. The molecule has 1 aliphatic carbocycles. The van der Waals surface area contributed by atoms with Gasteiger partial charge in [-0.15, -0.1) is 0 Å². The minimum atomic E-state index is -0.0538. The van der Waals surface area contributed by atoms with E-state index in [1.807, 2.05) is 28.0 Å². The Balaban J connectivity index is 1.54. The van der Waals surface area contributed by atoms with E-state index < -0.39 is 0 Å². The van der Waals surface area contributed by atoms with E-state index in [1.165, 1.54) is 25.7 Å². The van der Waals surface area contributed by atoms with Gasteiger partial charge in [0.25, 0.3) is 0 Å². The van der Waals surface area contributed by atoms with E-state index in [4.69, 9.17) is 0 Å². The van der Waals surface area contributed by atoms with Crippen LogP contribution in [0.2, 0.25) is 0 Å². The summed E-state index contributed by atoms with van der Waals surface area (Å²) in [6.07, 6.45) is 7.54. The van der Waals surface area contributed by atoms with Crippen molar-refractivity contribution in [2.75, 3.05) is 26.2 Å². The second kappa shape index (κ2) is 9.20. The number of carbonyl (C=O) groups is 2. The number of carbonyl (C=O) groups excluding carboxylic acids is 2. The van der Waals surface area contributed by atoms with Gasteiger partial charge < -0.3 is 9.80 Å². The van der Waals surface area contributed by atoms with Crippen molar-refractivity contribution in [3.05, 3.63) is 35.9 Å². The maximum atomic E-state index is 13.1. The van der Waals surface area contributed by atoms with Crippen molar-refractivity contribution in [2.45, 2.75) is 57.8 Å². The highest BCUT2D eigenvalue weighted by atomic mass is 16.2. The molecule has 0 N–H and O–H groups in total. The van der Waals surface area contributed by atoms with Gasteiger partial charge in [0.2, 0.25) is 11.8 Å². The molecule has 0 radical (unpaired) electrons. The lowest BCUT2D eigenvalue weighted by atomic mass is 9.93. The summed E-state index contributed by atoms with van der Waals surface area (Å²) in [7, 11) is 0. The molecular weight excluding hydrogens is 324 g/mol. The van der Waals surface area contributed by atoms with Gasteiger partial charge >= 0.3 is 0 Å². The molecule has 1 unspecified atom stereocenters. The topological polar surface area (TPSA) is 40.6 Å². The number of rotatable bonds is 6. The molecule has 2 amide bonds. The zero-order chi connectivity index (χ0) is 18.4. The fourth-order valence-electron chi connectivity index (χ4n) is 4.39. The number of piperazine rings is 1. The second-order valence-corrected chi connectivity index (χ2v) is 7.81. The van der Waals surface area contributed by atoms with Gasteiger partial charge in [0.1, 0.15) is 0 Å². The summed E-state index contributed by atoms with van der Waals surface area (Å²) < 4.78 is 0. The van der Waals surface area contributed by atoms with Crippen LogP contribution in [0.5, 0.6) is 0 Å². The largest absolute Gasteiger partial charge is 0.339 e. The maximum Gasteiger partial charge on any atom is 0.230 e. The molecule has 4 nitrogen and oxygen atoms in total. The molecule has 1 saturated carbocycles. The molecule has 3 rings (SSSR count). The van der Waals surface area contributed by atoms with Gasteiger partial charge in [-0.1, -0.05) is 56.5 Å². The van der Waals surface area contributed by atoms with Gasteiger partial charge in [-0.3, -0.25) is 9.59 Å². The molecule has 0 aromatic heterocycles. The SMILES string of the molecule is CCCC(C(=O)N1CCN(C(=O)CC2CCCC2)CC1)c1ccccc1. The fraction of sp³-hybridized carbons (Fsp3) is 0.636. The molecule has 0 bridgehead atoms. The van der Waals surface area contributed by atoms with Crippen molar-refractivity contribution in [1.82, 2.24) is 9.80 Å². The molecular formula is C22H32N2O2. The van der Waals surface area contributed by atoms with Crippen LogP contribution in [-0.4, -0.2) is 47.8 Å². The molecule has 142 valence electrons. The first-order chi connectivity index (χ1) is 12.7. The molecule has 26 heavy (non-hydrogen) atoms. The molecule has 0 spiro atoms. The smallest absolute Gasteiger partial charge is 0.230 e. The number of nitrogens with zero attached hydrogens (tertiary/aromatic N) is 2. The van der Waals surface area contributed by atoms with E-state index >= 15 is 0 Å². The number of hydrogen-bond donors (Lipinski definition) is 0. The van der Waals surface area contributed by atoms with Gasteiger partial charge in [-0.25, -0.2) is 0 Å². The molecule has 2 aliphatic rings. The third kappa shape index (κ3) is 4.66. The molecule has 2 fully saturated rings. The highest BCUT2D eigenvalue weighted by molar-refractivity contribution is 5.84. The molecule has 1 saturated heterocycles. The van der Waals surface area contributed by atoms with Crippen LogP contribution < -0.4 is 0 Å². The minimum Gasteiger partial charge on any atom is -0.339 e. The summed E-state index contributed by atoms with van der Waals surface area (Å²) in [4.78, 5) is 29.5. The zero-order valence-corrected chi connectivity index (χ0v) is 16.0. The summed E-state index contributed by atoms with van der Waals surface area (Å²) in [5.41, 5.74) is 1.11. The van der Waals surface area contributed by atoms with Crippen molar-refractivity contribution < 1.29 is 9.59 Å². The Morgan fingerprint density at radius 2 is 1.62 bits per heavy atom. The Bertz CT molecular complexity index is 587. The Kier molecular flexibility index (Phi) is 6.70. The van der Waals surface area contributed by atoms with Crippen molar-refractivity contribution >= 4 is 11.8 Å². The first-order valence-corrected chi connectivity index (χ1v) is 10.3. The van der Waals surface area contributed by atoms with Gasteiger partial charge in [0, 0.05) is 32.6 Å². The molecule has 1 aliphatic heterocycles. The second-order valence-electron chi connectivity index (χ2n) is 7.81. The van der Waals surface area contributed by atoms with Gasteiger partial charge in [-0.05, 0) is 30.7 Å². The van der Waals surface area contributed by atoms with Gasteiger partial charge in [-0.2, -0.15) is 0 Å². The van der Waals surface area contributed by atoms with E-state index in [9.17, 15) is 9.59 Å². The third-order valence-corrected chi connectivity index (χ3v) is 5.96. The minimum absolute atomic E-state index is 0.0538. The summed E-state index contributed by atoms with van der Waals surface area (Å²) in [6, 6.07) is 10.1. The third-order valence-electron chi connectivity index (χ3n) is 5.96. The van der Waals surface area contributed by atoms with Crippen molar-refractivity contribution in [2.24, 2.45) is 5.92 Å². The van der Waals surface area contributed by atoms with Crippen LogP contribution in [0.3, 0.4) is 0 Å². The van der Waals surface area contributed by atoms with Crippen LogP contribution in [0.15, 0.2) is 30.3 Å². The predicted molar refractivity (Wildman–Crippen MR) is 104 cm³/mol. The lowest BCUT2D eigenvalue weighted by molar-refractivity contribution is -0.141. The quantitative estimate of drug-likeness (QED) is 0.777. The van der Waals surface area contributed by atoms with Crippen molar-refractivity contribution in [3.8, 4) is 0 Å². The fourth-order valence-corrected chi connectivity index (χ4v) is 4.39. The van der Waals surface area contributed by atoms with Gasteiger partial charge in [0.05, 0.1) is 5.92 Å². The molecule has 1 atom stereocenters. The van der Waals surface area contributed by atoms with Crippen LogP contribution in [0.1, 0.15) is 63.4 Å². The number of benzene rings is 1. The lowest BCUT2D eigenvalue weighted by Gasteiger charge is -2.37. The zero-order valence-electron chi connectivity index (χ0n) is 16.0. The Morgan fingerprint density at radius 1 is 1.00 bits per heavy atom. The molecule has 1 aromatic carbocycles. The van der Waals surface area contributed by atoms with E-state index in [2.05, 4.69) is 19.1 Å². The molecule has 1 aromatic rings. The standard InChI is InChI=1S/C22H32N2O2/c1-2-8-20(19-11-4-3-5-12-19)22(26)24-15-13-23(14-16-24)21(25)17-18-9-6-7-10-18/h3-5,11-12,18,20H,2,6-10,13-17H2,1H3. The Labute approximate surface area is 157 Å². The summed E-state index contributed by atoms with van der Waals surface area (Å²) in [5.74, 6) is 1.05. The monoisotopic (exact) mass is 356 g/mol. The summed E-state index contributed by atoms with van der Waals surface area (Å²) >= 11 is 0. The van der Waals surface area contributed by atoms with Crippen LogP contribution in [0.4, 0.5) is 0 Å². The van der Waals surface area contributed by atoms with Crippen molar-refractivity contribution in [1.29, 1.82) is 0 Å². The highest BCUT2D eigenvalue weighted by Gasteiger charge is 2.30. The predicted octanol–water partition coefficient (Wildman–Crippen LogP) is 3.82. The number of hydrogen-bond acceptors (Lipinski definition) is 2. The molecule has 4 heteroatoms. The maximum absolute atomic E-state index is 13.1.